The lowest BCUT2D eigenvalue weighted by Crippen LogP contribution is -2.51. The van der Waals surface area contributed by atoms with Crippen molar-refractivity contribution in [1.29, 1.82) is 0 Å². The number of nitrogens with one attached hydrogen (secondary N) is 1. The minimum atomic E-state index is 0.802. The number of rotatable bonds is 2. The van der Waals surface area contributed by atoms with Crippen LogP contribution < -0.4 is 5.32 Å². The first-order valence-electron chi connectivity index (χ1n) is 7.72. The molecule has 6 unspecified atom stereocenters. The average Bonchev–Trinajstić information content (AvgIpc) is 2.71. The molecule has 2 saturated heterocycles. The van der Waals surface area contributed by atoms with Gasteiger partial charge in [-0.3, -0.25) is 0 Å². The van der Waals surface area contributed by atoms with Crippen molar-refractivity contribution in [3.05, 3.63) is 0 Å². The van der Waals surface area contributed by atoms with Crippen LogP contribution in [0.15, 0.2) is 0 Å². The molecule has 0 radical (unpaired) electrons. The van der Waals surface area contributed by atoms with E-state index >= 15 is 0 Å². The van der Waals surface area contributed by atoms with E-state index in [1.54, 1.807) is 0 Å². The van der Waals surface area contributed by atoms with Gasteiger partial charge in [0.15, 0.2) is 0 Å². The van der Waals surface area contributed by atoms with Crippen molar-refractivity contribution in [3.8, 4) is 0 Å². The van der Waals surface area contributed by atoms with Crippen LogP contribution in [-0.2, 0) is 0 Å². The van der Waals surface area contributed by atoms with Crippen LogP contribution in [0.4, 0.5) is 0 Å². The first-order chi connectivity index (χ1) is 8.24. The van der Waals surface area contributed by atoms with Gasteiger partial charge in [0.1, 0.15) is 0 Å². The first kappa shape index (κ1) is 12.0. The molecule has 0 aromatic rings. The van der Waals surface area contributed by atoms with Crippen LogP contribution in [0.1, 0.15) is 46.0 Å². The lowest BCUT2D eigenvalue weighted by molar-refractivity contribution is 0.152. The maximum Gasteiger partial charge on any atom is 0.0123 e. The van der Waals surface area contributed by atoms with E-state index < -0.39 is 0 Å². The molecular formula is C15H28N2. The lowest BCUT2D eigenvalue weighted by atomic mass is 9.77. The number of hydrogen-bond acceptors (Lipinski definition) is 2. The summed E-state index contributed by atoms with van der Waals surface area (Å²) in [4.78, 5) is 2.65. The van der Waals surface area contributed by atoms with Crippen molar-refractivity contribution >= 4 is 0 Å². The molecule has 1 N–H and O–H groups in total. The van der Waals surface area contributed by atoms with Crippen molar-refractivity contribution < 1.29 is 0 Å². The molecule has 3 fully saturated rings. The van der Waals surface area contributed by atoms with Crippen LogP contribution in [-0.4, -0.2) is 36.6 Å². The maximum absolute atomic E-state index is 4.04. The molecular weight excluding hydrogens is 208 g/mol. The third-order valence-corrected chi connectivity index (χ3v) is 5.77. The van der Waals surface area contributed by atoms with Crippen molar-refractivity contribution in [2.24, 2.45) is 17.8 Å². The Morgan fingerprint density at radius 1 is 0.941 bits per heavy atom. The fourth-order valence-electron chi connectivity index (χ4n) is 4.26. The predicted octanol–water partition coefficient (Wildman–Crippen LogP) is 2.49. The number of nitrogens with zero attached hydrogens (tertiary/aromatic N) is 1. The van der Waals surface area contributed by atoms with Gasteiger partial charge < -0.3 is 10.2 Å². The zero-order valence-corrected chi connectivity index (χ0v) is 11.5. The van der Waals surface area contributed by atoms with Gasteiger partial charge in [-0.2, -0.15) is 0 Å². The van der Waals surface area contributed by atoms with Gasteiger partial charge in [-0.25, -0.2) is 0 Å². The highest BCUT2D eigenvalue weighted by atomic mass is 15.2. The van der Waals surface area contributed by atoms with Crippen molar-refractivity contribution in [2.75, 3.05) is 19.6 Å². The number of hydrogen-bond donors (Lipinski definition) is 1. The minimum Gasteiger partial charge on any atom is -0.311 e. The Hall–Kier alpha value is -0.0800. The van der Waals surface area contributed by atoms with Crippen molar-refractivity contribution in [2.45, 2.75) is 58.0 Å². The van der Waals surface area contributed by atoms with E-state index in [0.29, 0.717) is 0 Å². The highest BCUT2D eigenvalue weighted by Crippen LogP contribution is 2.33. The van der Waals surface area contributed by atoms with Gasteiger partial charge in [0, 0.05) is 18.6 Å². The van der Waals surface area contributed by atoms with Gasteiger partial charge in [0.25, 0.3) is 0 Å². The molecule has 17 heavy (non-hydrogen) atoms. The van der Waals surface area contributed by atoms with E-state index in [1.807, 2.05) is 0 Å². The van der Waals surface area contributed by atoms with Crippen molar-refractivity contribution in [1.82, 2.24) is 10.2 Å². The summed E-state index contributed by atoms with van der Waals surface area (Å²) < 4.78 is 0. The molecule has 98 valence electrons. The summed E-state index contributed by atoms with van der Waals surface area (Å²) in [6, 6.07) is 1.63. The van der Waals surface area contributed by atoms with E-state index in [-0.39, 0.29) is 0 Å². The molecule has 1 saturated carbocycles. The Bertz CT molecular complexity index is 264. The van der Waals surface area contributed by atoms with Gasteiger partial charge in [0.2, 0.25) is 0 Å². The highest BCUT2D eigenvalue weighted by Gasteiger charge is 2.37. The Labute approximate surface area is 106 Å². The predicted molar refractivity (Wildman–Crippen MR) is 72.1 cm³/mol. The molecule has 2 bridgehead atoms. The van der Waals surface area contributed by atoms with E-state index in [9.17, 15) is 0 Å². The van der Waals surface area contributed by atoms with Gasteiger partial charge in [-0.05, 0) is 50.1 Å². The zero-order chi connectivity index (χ0) is 11.8. The number of piperidine rings is 1. The monoisotopic (exact) mass is 236 g/mol. The second kappa shape index (κ2) is 4.89. The lowest BCUT2D eigenvalue weighted by Gasteiger charge is -2.40. The molecule has 3 rings (SSSR count). The third-order valence-electron chi connectivity index (χ3n) is 5.77. The smallest absolute Gasteiger partial charge is 0.0123 e. The molecule has 0 aromatic heterocycles. The Kier molecular flexibility index (Phi) is 3.45. The van der Waals surface area contributed by atoms with E-state index in [1.165, 1.54) is 51.7 Å². The molecule has 2 nitrogen and oxygen atoms in total. The molecule has 0 aromatic carbocycles. The number of fused-ring (bicyclic) bond motifs is 2. The Morgan fingerprint density at radius 3 is 2.65 bits per heavy atom. The van der Waals surface area contributed by atoms with E-state index in [0.717, 1.165) is 29.8 Å². The molecule has 2 heterocycles. The summed E-state index contributed by atoms with van der Waals surface area (Å²) in [5.74, 6) is 2.75. The molecule has 2 heteroatoms. The second-order valence-corrected chi connectivity index (χ2v) is 6.78. The molecule has 0 spiro atoms. The van der Waals surface area contributed by atoms with Crippen LogP contribution in [0, 0.1) is 17.8 Å². The summed E-state index contributed by atoms with van der Waals surface area (Å²) in [5, 5.41) is 4.04. The SMILES string of the molecule is CC1CCCC(NC2CCN3CCC2C3)C1C. The summed E-state index contributed by atoms with van der Waals surface area (Å²) in [6.07, 6.45) is 7.13. The van der Waals surface area contributed by atoms with Crippen LogP contribution in [0.2, 0.25) is 0 Å². The molecule has 2 aliphatic heterocycles. The van der Waals surface area contributed by atoms with Crippen LogP contribution in [0.25, 0.3) is 0 Å². The summed E-state index contributed by atoms with van der Waals surface area (Å²) in [7, 11) is 0. The first-order valence-corrected chi connectivity index (χ1v) is 7.72. The van der Waals surface area contributed by atoms with Crippen LogP contribution >= 0.6 is 0 Å². The van der Waals surface area contributed by atoms with Gasteiger partial charge in [0.05, 0.1) is 0 Å². The van der Waals surface area contributed by atoms with Gasteiger partial charge >= 0.3 is 0 Å². The molecule has 6 atom stereocenters. The fourth-order valence-corrected chi connectivity index (χ4v) is 4.26. The summed E-state index contributed by atoms with van der Waals surface area (Å²) >= 11 is 0. The molecule has 1 aliphatic carbocycles. The van der Waals surface area contributed by atoms with Crippen LogP contribution in [0.5, 0.6) is 0 Å². The molecule has 3 aliphatic rings. The Morgan fingerprint density at radius 2 is 1.76 bits per heavy atom. The zero-order valence-electron chi connectivity index (χ0n) is 11.5. The normalized spacial score (nSPS) is 50.5. The summed E-state index contributed by atoms with van der Waals surface area (Å²) in [6.45, 7) is 8.97. The maximum atomic E-state index is 4.04. The third kappa shape index (κ3) is 2.39. The van der Waals surface area contributed by atoms with Gasteiger partial charge in [-0.1, -0.05) is 26.7 Å². The van der Waals surface area contributed by atoms with Gasteiger partial charge in [-0.15, -0.1) is 0 Å². The average molecular weight is 236 g/mol. The van der Waals surface area contributed by atoms with Crippen LogP contribution in [0.3, 0.4) is 0 Å². The topological polar surface area (TPSA) is 15.3 Å². The quantitative estimate of drug-likeness (QED) is 0.792. The molecule has 0 amide bonds. The highest BCUT2D eigenvalue weighted by molar-refractivity contribution is 4.94. The fraction of sp³-hybridized carbons (Fsp3) is 1.00. The van der Waals surface area contributed by atoms with E-state index in [2.05, 4.69) is 24.1 Å². The Balaban J connectivity index is 1.58. The van der Waals surface area contributed by atoms with Crippen molar-refractivity contribution in [3.63, 3.8) is 0 Å². The van der Waals surface area contributed by atoms with E-state index in [4.69, 9.17) is 0 Å². The largest absolute Gasteiger partial charge is 0.311 e. The minimum absolute atomic E-state index is 0.802. The standard InChI is InChI=1S/C15H28N2/c1-11-4-3-5-14(12(11)2)16-15-7-9-17-8-6-13(15)10-17/h11-16H,3-10H2,1-2H3. The second-order valence-electron chi connectivity index (χ2n) is 6.78. The summed E-state index contributed by atoms with van der Waals surface area (Å²) in [5.41, 5.74) is 0.